The Balaban J connectivity index is 2.62. The summed E-state index contributed by atoms with van der Waals surface area (Å²) in [6.45, 7) is 4.56. The molecule has 1 saturated heterocycles. The van der Waals surface area contributed by atoms with E-state index >= 15 is 0 Å². The van der Waals surface area contributed by atoms with Crippen LogP contribution in [0.5, 0.6) is 0 Å². The SMILES string of the molecule is C=C(Cl)C(=O)N1CCCNC(=O)C1. The van der Waals surface area contributed by atoms with Crippen LogP contribution in [-0.2, 0) is 9.59 Å². The van der Waals surface area contributed by atoms with E-state index in [9.17, 15) is 9.59 Å². The average Bonchev–Trinajstić information content (AvgIpc) is 2.28. The van der Waals surface area contributed by atoms with Gasteiger partial charge in [-0.25, -0.2) is 0 Å². The summed E-state index contributed by atoms with van der Waals surface area (Å²) < 4.78 is 0. The molecule has 72 valence electrons. The lowest BCUT2D eigenvalue weighted by Crippen LogP contribution is -2.37. The Morgan fingerprint density at radius 3 is 2.92 bits per heavy atom. The monoisotopic (exact) mass is 202 g/mol. The molecule has 0 aromatic rings. The van der Waals surface area contributed by atoms with Crippen molar-refractivity contribution in [2.45, 2.75) is 6.42 Å². The predicted molar refractivity (Wildman–Crippen MR) is 49.2 cm³/mol. The normalized spacial score (nSPS) is 17.6. The van der Waals surface area contributed by atoms with Crippen molar-refractivity contribution in [2.24, 2.45) is 0 Å². The number of hydrogen-bond acceptors (Lipinski definition) is 2. The fourth-order valence-electron chi connectivity index (χ4n) is 1.15. The van der Waals surface area contributed by atoms with E-state index in [1.165, 1.54) is 4.90 Å². The summed E-state index contributed by atoms with van der Waals surface area (Å²) in [6, 6.07) is 0. The molecule has 0 bridgehead atoms. The highest BCUT2D eigenvalue weighted by Gasteiger charge is 2.20. The van der Waals surface area contributed by atoms with Crippen LogP contribution in [0.15, 0.2) is 11.6 Å². The molecule has 0 unspecified atom stereocenters. The van der Waals surface area contributed by atoms with Gasteiger partial charge < -0.3 is 10.2 Å². The van der Waals surface area contributed by atoms with Gasteiger partial charge in [-0.15, -0.1) is 0 Å². The van der Waals surface area contributed by atoms with Crippen molar-refractivity contribution in [3.8, 4) is 0 Å². The molecular formula is C8H11ClN2O2. The van der Waals surface area contributed by atoms with Gasteiger partial charge >= 0.3 is 0 Å². The summed E-state index contributed by atoms with van der Waals surface area (Å²) >= 11 is 5.45. The van der Waals surface area contributed by atoms with Crippen molar-refractivity contribution in [1.29, 1.82) is 0 Å². The first-order valence-corrected chi connectivity index (χ1v) is 4.39. The highest BCUT2D eigenvalue weighted by molar-refractivity contribution is 6.41. The van der Waals surface area contributed by atoms with Gasteiger partial charge in [0, 0.05) is 13.1 Å². The first-order valence-electron chi connectivity index (χ1n) is 4.01. The summed E-state index contributed by atoms with van der Waals surface area (Å²) in [5.41, 5.74) is 0. The molecule has 0 aromatic carbocycles. The lowest BCUT2D eigenvalue weighted by atomic mass is 10.4. The van der Waals surface area contributed by atoms with Crippen molar-refractivity contribution in [3.05, 3.63) is 11.6 Å². The van der Waals surface area contributed by atoms with E-state index in [1.54, 1.807) is 0 Å². The second kappa shape index (κ2) is 4.28. The van der Waals surface area contributed by atoms with E-state index in [4.69, 9.17) is 11.6 Å². The molecule has 13 heavy (non-hydrogen) atoms. The molecule has 1 rings (SSSR count). The van der Waals surface area contributed by atoms with Gasteiger partial charge in [0.25, 0.3) is 5.91 Å². The topological polar surface area (TPSA) is 49.4 Å². The number of nitrogens with one attached hydrogen (secondary N) is 1. The number of nitrogens with zero attached hydrogens (tertiary/aromatic N) is 1. The Morgan fingerprint density at radius 1 is 1.62 bits per heavy atom. The van der Waals surface area contributed by atoms with Crippen molar-refractivity contribution in [3.63, 3.8) is 0 Å². The Kier molecular flexibility index (Phi) is 3.31. The number of carbonyl (C=O) groups is 2. The third-order valence-electron chi connectivity index (χ3n) is 1.78. The standard InChI is InChI=1S/C8H11ClN2O2/c1-6(9)8(13)11-4-2-3-10-7(12)5-11/h1-5H2,(H,10,12). The third kappa shape index (κ3) is 2.73. The van der Waals surface area contributed by atoms with E-state index in [1.807, 2.05) is 0 Å². The van der Waals surface area contributed by atoms with E-state index in [0.29, 0.717) is 13.1 Å². The van der Waals surface area contributed by atoms with Crippen LogP contribution in [0, 0.1) is 0 Å². The molecule has 1 aliphatic rings. The molecule has 1 heterocycles. The quantitative estimate of drug-likeness (QED) is 0.613. The van der Waals surface area contributed by atoms with E-state index < -0.39 is 0 Å². The first kappa shape index (κ1) is 10.1. The molecule has 2 amide bonds. The molecule has 0 radical (unpaired) electrons. The van der Waals surface area contributed by atoms with Gasteiger partial charge in [0.15, 0.2) is 0 Å². The Labute approximate surface area is 81.5 Å². The van der Waals surface area contributed by atoms with Crippen molar-refractivity contribution in [2.75, 3.05) is 19.6 Å². The molecule has 0 aliphatic carbocycles. The number of carbonyl (C=O) groups excluding carboxylic acids is 2. The maximum absolute atomic E-state index is 11.3. The van der Waals surface area contributed by atoms with Crippen molar-refractivity contribution in [1.82, 2.24) is 10.2 Å². The van der Waals surface area contributed by atoms with Crippen LogP contribution in [0.2, 0.25) is 0 Å². The summed E-state index contributed by atoms with van der Waals surface area (Å²) in [5.74, 6) is -0.512. The minimum Gasteiger partial charge on any atom is -0.354 e. The first-order chi connectivity index (χ1) is 6.11. The Hall–Kier alpha value is -1.03. The van der Waals surface area contributed by atoms with Gasteiger partial charge in [-0.1, -0.05) is 18.2 Å². The van der Waals surface area contributed by atoms with Gasteiger partial charge in [-0.3, -0.25) is 9.59 Å². The Bertz CT molecular complexity index is 253. The minimum absolute atomic E-state index is 0.0466. The summed E-state index contributed by atoms with van der Waals surface area (Å²) in [4.78, 5) is 23.8. The van der Waals surface area contributed by atoms with Crippen molar-refractivity contribution >= 4 is 23.4 Å². The molecule has 0 atom stereocenters. The zero-order valence-corrected chi connectivity index (χ0v) is 7.93. The van der Waals surface area contributed by atoms with Crippen LogP contribution >= 0.6 is 11.6 Å². The van der Waals surface area contributed by atoms with Crippen LogP contribution in [0.1, 0.15) is 6.42 Å². The van der Waals surface area contributed by atoms with Crippen LogP contribution in [-0.4, -0.2) is 36.3 Å². The minimum atomic E-state index is -0.362. The van der Waals surface area contributed by atoms with Gasteiger partial charge in [0.1, 0.15) is 0 Å². The highest BCUT2D eigenvalue weighted by Crippen LogP contribution is 2.06. The summed E-state index contributed by atoms with van der Waals surface area (Å²) in [6.07, 6.45) is 0.752. The third-order valence-corrected chi connectivity index (χ3v) is 1.94. The molecule has 5 heteroatoms. The number of halogens is 1. The highest BCUT2D eigenvalue weighted by atomic mass is 35.5. The van der Waals surface area contributed by atoms with Gasteiger partial charge in [-0.05, 0) is 6.42 Å². The average molecular weight is 203 g/mol. The number of rotatable bonds is 1. The van der Waals surface area contributed by atoms with Crippen LogP contribution in [0.25, 0.3) is 0 Å². The van der Waals surface area contributed by atoms with Gasteiger partial charge in [-0.2, -0.15) is 0 Å². The molecular weight excluding hydrogens is 192 g/mol. The summed E-state index contributed by atoms with van der Waals surface area (Å²) in [7, 11) is 0. The molecule has 1 fully saturated rings. The van der Waals surface area contributed by atoms with Gasteiger partial charge in [0.2, 0.25) is 5.91 Å². The molecule has 0 saturated carbocycles. The molecule has 0 aromatic heterocycles. The largest absolute Gasteiger partial charge is 0.354 e. The van der Waals surface area contributed by atoms with Crippen LogP contribution in [0.3, 0.4) is 0 Å². The molecule has 1 aliphatic heterocycles. The maximum Gasteiger partial charge on any atom is 0.265 e. The molecule has 1 N–H and O–H groups in total. The molecule has 4 nitrogen and oxygen atoms in total. The number of amides is 2. The van der Waals surface area contributed by atoms with Crippen LogP contribution < -0.4 is 5.32 Å². The lowest BCUT2D eigenvalue weighted by Gasteiger charge is -2.17. The fourth-order valence-corrected chi connectivity index (χ4v) is 1.27. The second-order valence-electron chi connectivity index (χ2n) is 2.84. The van der Waals surface area contributed by atoms with Gasteiger partial charge in [0.05, 0.1) is 11.6 Å². The predicted octanol–water partition coefficient (Wildman–Crippen LogP) is 0.0874. The smallest absolute Gasteiger partial charge is 0.265 e. The van der Waals surface area contributed by atoms with Crippen molar-refractivity contribution < 1.29 is 9.59 Å². The van der Waals surface area contributed by atoms with E-state index in [-0.39, 0.29) is 23.4 Å². The zero-order valence-electron chi connectivity index (χ0n) is 7.18. The van der Waals surface area contributed by atoms with Crippen LogP contribution in [0.4, 0.5) is 0 Å². The second-order valence-corrected chi connectivity index (χ2v) is 3.29. The van der Waals surface area contributed by atoms with E-state index in [0.717, 1.165) is 6.42 Å². The van der Waals surface area contributed by atoms with E-state index in [2.05, 4.69) is 11.9 Å². The lowest BCUT2D eigenvalue weighted by molar-refractivity contribution is -0.131. The zero-order chi connectivity index (χ0) is 9.84. The summed E-state index contributed by atoms with van der Waals surface area (Å²) in [5, 5.41) is 2.62. The maximum atomic E-state index is 11.3. The fraction of sp³-hybridized carbons (Fsp3) is 0.500. The Morgan fingerprint density at radius 2 is 2.31 bits per heavy atom. The number of hydrogen-bond donors (Lipinski definition) is 1. The molecule has 0 spiro atoms.